The molecule has 1 aromatic carbocycles. The van der Waals surface area contributed by atoms with E-state index in [1.165, 1.54) is 13.3 Å². The Bertz CT molecular complexity index is 1550. The maximum absolute atomic E-state index is 13.5. The minimum absolute atomic E-state index is 0.0348. The van der Waals surface area contributed by atoms with Gasteiger partial charge in [-0.1, -0.05) is 18.2 Å². The number of rotatable bonds is 10. The number of ether oxygens (including phenoxy) is 4. The fraction of sp³-hybridized carbons (Fsp3) is 0.259. The number of aromatic nitrogens is 4. The number of hydrogen-bond donors (Lipinski definition) is 1. The van der Waals surface area contributed by atoms with E-state index in [2.05, 4.69) is 24.7 Å². The number of nitrogens with one attached hydrogen (secondary N) is 1. The molecule has 1 aliphatic heterocycles. The first-order valence-corrected chi connectivity index (χ1v) is 13.7. The molecule has 11 nitrogen and oxygen atoms in total. The van der Waals surface area contributed by atoms with Crippen LogP contribution in [0.3, 0.4) is 0 Å². The van der Waals surface area contributed by atoms with Crippen LogP contribution >= 0.6 is 0 Å². The second kappa shape index (κ2) is 11.6. The Morgan fingerprint density at radius 1 is 1.03 bits per heavy atom. The molecule has 12 heteroatoms. The van der Waals surface area contributed by atoms with Gasteiger partial charge in [0.1, 0.15) is 6.61 Å². The highest BCUT2D eigenvalue weighted by Gasteiger charge is 2.27. The van der Waals surface area contributed by atoms with Crippen LogP contribution in [0.15, 0.2) is 72.1 Å². The van der Waals surface area contributed by atoms with Gasteiger partial charge in [-0.2, -0.15) is 13.4 Å². The maximum atomic E-state index is 13.5. The number of sulfonamides is 1. The van der Waals surface area contributed by atoms with Crippen LogP contribution in [0.2, 0.25) is 0 Å². The molecule has 1 N–H and O–H groups in total. The lowest BCUT2D eigenvalue weighted by atomic mass is 10.2. The van der Waals surface area contributed by atoms with Gasteiger partial charge in [0.05, 0.1) is 13.2 Å². The quantitative estimate of drug-likeness (QED) is 0.303. The van der Waals surface area contributed by atoms with Gasteiger partial charge < -0.3 is 18.9 Å². The Balaban J connectivity index is 1.65. The van der Waals surface area contributed by atoms with E-state index in [0.29, 0.717) is 29.2 Å². The molecule has 0 saturated carbocycles. The van der Waals surface area contributed by atoms with Gasteiger partial charge in [-0.25, -0.2) is 9.97 Å². The molecule has 1 atom stereocenters. The summed E-state index contributed by atoms with van der Waals surface area (Å²) in [6.45, 7) is 2.51. The van der Waals surface area contributed by atoms with E-state index in [1.807, 2.05) is 0 Å². The third-order valence-corrected chi connectivity index (χ3v) is 7.33. The zero-order valence-corrected chi connectivity index (χ0v) is 22.2. The van der Waals surface area contributed by atoms with Crippen LogP contribution in [0.5, 0.6) is 23.1 Å². The standard InChI is InChI=1S/C27H27N5O6S/c1-18-7-5-13-29-27(18)39(33,34)32-25-23(38-22-10-4-3-9-21(22)35-2)26(37-17-20-8-6-16-36-20)31-24(30-25)19-11-14-28-15-12-19/h3-5,7,9-15,20H,6,8,16-17H2,1-2H3,(H,30,31,32). The third-order valence-electron chi connectivity index (χ3n) is 5.93. The molecule has 0 amide bonds. The summed E-state index contributed by atoms with van der Waals surface area (Å²) in [6, 6.07) is 13.7. The summed E-state index contributed by atoms with van der Waals surface area (Å²) < 4.78 is 53.0. The first-order chi connectivity index (χ1) is 18.9. The number of aryl methyl sites for hydroxylation is 1. The van der Waals surface area contributed by atoms with Gasteiger partial charge in [-0.05, 0) is 55.7 Å². The molecule has 4 aromatic rings. The topological polar surface area (TPSA) is 135 Å². The van der Waals surface area contributed by atoms with E-state index < -0.39 is 10.0 Å². The lowest BCUT2D eigenvalue weighted by molar-refractivity contribution is 0.0654. The minimum Gasteiger partial charge on any atom is -0.493 e. The largest absolute Gasteiger partial charge is 0.493 e. The van der Waals surface area contributed by atoms with Crippen molar-refractivity contribution in [2.75, 3.05) is 25.0 Å². The molecule has 0 bridgehead atoms. The highest BCUT2D eigenvalue weighted by molar-refractivity contribution is 7.92. The summed E-state index contributed by atoms with van der Waals surface area (Å²) in [7, 11) is -2.67. The first kappa shape index (κ1) is 26.3. The van der Waals surface area contributed by atoms with Crippen molar-refractivity contribution in [1.82, 2.24) is 19.9 Å². The van der Waals surface area contributed by atoms with Gasteiger partial charge in [0.15, 0.2) is 28.2 Å². The van der Waals surface area contributed by atoms with Gasteiger partial charge in [0.2, 0.25) is 5.75 Å². The minimum atomic E-state index is -4.18. The third kappa shape index (κ3) is 6.07. The Kier molecular flexibility index (Phi) is 7.84. The summed E-state index contributed by atoms with van der Waals surface area (Å²) in [5.41, 5.74) is 1.07. The van der Waals surface area contributed by atoms with Crippen LogP contribution in [-0.4, -0.2) is 54.8 Å². The maximum Gasteiger partial charge on any atom is 0.280 e. The molecule has 0 aliphatic carbocycles. The average molecular weight is 550 g/mol. The van der Waals surface area contributed by atoms with Crippen molar-refractivity contribution in [3.05, 3.63) is 72.7 Å². The van der Waals surface area contributed by atoms with E-state index in [1.54, 1.807) is 67.8 Å². The number of anilines is 1. The summed E-state index contributed by atoms with van der Waals surface area (Å²) >= 11 is 0. The van der Waals surface area contributed by atoms with Crippen molar-refractivity contribution in [2.24, 2.45) is 0 Å². The van der Waals surface area contributed by atoms with Crippen molar-refractivity contribution >= 4 is 15.8 Å². The number of methoxy groups -OCH3 is 1. The van der Waals surface area contributed by atoms with Crippen molar-refractivity contribution in [2.45, 2.75) is 30.9 Å². The molecular weight excluding hydrogens is 522 g/mol. The number of benzene rings is 1. The summed E-state index contributed by atoms with van der Waals surface area (Å²) in [5.74, 6) is 0.825. The Hall–Kier alpha value is -4.29. The zero-order valence-electron chi connectivity index (χ0n) is 21.4. The number of para-hydroxylation sites is 2. The van der Waals surface area contributed by atoms with Crippen molar-refractivity contribution in [1.29, 1.82) is 0 Å². The van der Waals surface area contributed by atoms with Crippen LogP contribution in [0.4, 0.5) is 5.82 Å². The molecule has 0 spiro atoms. The Morgan fingerprint density at radius 2 is 1.82 bits per heavy atom. The molecule has 5 rings (SSSR count). The summed E-state index contributed by atoms with van der Waals surface area (Å²) in [5, 5.41) is -0.140. The van der Waals surface area contributed by atoms with Crippen LogP contribution in [0.1, 0.15) is 18.4 Å². The number of pyridine rings is 2. The molecule has 1 saturated heterocycles. The fourth-order valence-corrected chi connectivity index (χ4v) is 5.19. The Labute approximate surface area is 226 Å². The van der Waals surface area contributed by atoms with Gasteiger partial charge in [-0.3, -0.25) is 9.71 Å². The number of hydrogen-bond acceptors (Lipinski definition) is 10. The average Bonchev–Trinajstić information content (AvgIpc) is 3.47. The van der Waals surface area contributed by atoms with E-state index in [0.717, 1.165) is 12.8 Å². The van der Waals surface area contributed by atoms with Gasteiger partial charge in [-0.15, -0.1) is 0 Å². The molecular formula is C27H27N5O6S. The molecule has 1 unspecified atom stereocenters. The second-order valence-electron chi connectivity index (χ2n) is 8.70. The molecule has 0 radical (unpaired) electrons. The normalized spacial score (nSPS) is 15.1. The van der Waals surface area contributed by atoms with E-state index in [9.17, 15) is 8.42 Å². The van der Waals surface area contributed by atoms with E-state index >= 15 is 0 Å². The smallest absolute Gasteiger partial charge is 0.280 e. The van der Waals surface area contributed by atoms with Gasteiger partial charge >= 0.3 is 0 Å². The van der Waals surface area contributed by atoms with E-state index in [4.69, 9.17) is 18.9 Å². The molecule has 4 heterocycles. The van der Waals surface area contributed by atoms with Crippen LogP contribution < -0.4 is 18.9 Å². The highest BCUT2D eigenvalue weighted by atomic mass is 32.2. The Morgan fingerprint density at radius 3 is 2.54 bits per heavy atom. The van der Waals surface area contributed by atoms with Crippen LogP contribution in [0, 0.1) is 6.92 Å². The molecule has 1 aliphatic rings. The van der Waals surface area contributed by atoms with E-state index in [-0.39, 0.29) is 41.0 Å². The fourth-order valence-electron chi connectivity index (χ4n) is 4.01. The predicted molar refractivity (Wildman–Crippen MR) is 143 cm³/mol. The van der Waals surface area contributed by atoms with Gasteiger partial charge in [0, 0.05) is 30.8 Å². The lowest BCUT2D eigenvalue weighted by Crippen LogP contribution is -2.20. The van der Waals surface area contributed by atoms with Gasteiger partial charge in [0.25, 0.3) is 15.9 Å². The molecule has 1 fully saturated rings. The van der Waals surface area contributed by atoms with Crippen molar-refractivity contribution in [3.63, 3.8) is 0 Å². The van der Waals surface area contributed by atoms with Crippen molar-refractivity contribution in [3.8, 4) is 34.5 Å². The summed E-state index contributed by atoms with van der Waals surface area (Å²) in [6.07, 6.45) is 6.23. The zero-order chi connectivity index (χ0) is 27.2. The molecule has 202 valence electrons. The number of nitrogens with zero attached hydrogens (tertiary/aromatic N) is 4. The SMILES string of the molecule is COc1ccccc1Oc1c(NS(=O)(=O)c2ncccc2C)nc(-c2ccncc2)nc1OCC1CCCO1. The molecule has 3 aromatic heterocycles. The predicted octanol–water partition coefficient (Wildman–Crippen LogP) is 4.40. The highest BCUT2D eigenvalue weighted by Crippen LogP contribution is 2.41. The lowest BCUT2D eigenvalue weighted by Gasteiger charge is -2.19. The first-order valence-electron chi connectivity index (χ1n) is 12.3. The van der Waals surface area contributed by atoms with Crippen molar-refractivity contribution < 1.29 is 27.4 Å². The molecule has 39 heavy (non-hydrogen) atoms. The second-order valence-corrected chi connectivity index (χ2v) is 10.3. The van der Waals surface area contributed by atoms with Crippen LogP contribution in [0.25, 0.3) is 11.4 Å². The summed E-state index contributed by atoms with van der Waals surface area (Å²) in [4.78, 5) is 17.3. The van der Waals surface area contributed by atoms with Crippen LogP contribution in [-0.2, 0) is 14.8 Å². The monoisotopic (exact) mass is 549 g/mol.